The summed E-state index contributed by atoms with van der Waals surface area (Å²) in [7, 11) is 3.27. The first-order valence-electron chi connectivity index (χ1n) is 11.0. The van der Waals surface area contributed by atoms with Crippen molar-refractivity contribution >= 4 is 10.9 Å². The van der Waals surface area contributed by atoms with E-state index in [1.54, 1.807) is 11.6 Å². The third kappa shape index (κ3) is 2.98. The SMILES string of the molecule is CCc1ccc([C@@H]2OCCn3c(-c4cccc(C)c4)c4c(=O)n(C)c(=O)n(C)c4c32)cc1. The first kappa shape index (κ1) is 20.5. The zero-order chi connectivity index (χ0) is 22.6. The molecule has 1 aliphatic rings. The molecular weight excluding hydrogens is 402 g/mol. The number of aromatic nitrogens is 3. The van der Waals surface area contributed by atoms with Crippen molar-refractivity contribution < 1.29 is 4.74 Å². The van der Waals surface area contributed by atoms with Gasteiger partial charge < -0.3 is 9.30 Å². The quantitative estimate of drug-likeness (QED) is 0.499. The first-order chi connectivity index (χ1) is 15.4. The van der Waals surface area contributed by atoms with E-state index in [2.05, 4.69) is 41.8 Å². The van der Waals surface area contributed by atoms with Crippen molar-refractivity contribution in [1.29, 1.82) is 0 Å². The van der Waals surface area contributed by atoms with Gasteiger partial charge in [0.15, 0.2) is 0 Å². The third-order valence-corrected chi connectivity index (χ3v) is 6.53. The highest BCUT2D eigenvalue weighted by Crippen LogP contribution is 2.40. The summed E-state index contributed by atoms with van der Waals surface area (Å²) >= 11 is 0. The fourth-order valence-electron chi connectivity index (χ4n) is 4.85. The van der Waals surface area contributed by atoms with Gasteiger partial charge in [0.05, 0.1) is 28.9 Å². The maximum atomic E-state index is 13.4. The average Bonchev–Trinajstić information content (AvgIpc) is 3.17. The second kappa shape index (κ2) is 7.64. The van der Waals surface area contributed by atoms with Crippen LogP contribution in [0.25, 0.3) is 22.2 Å². The lowest BCUT2D eigenvalue weighted by Crippen LogP contribution is -2.37. The Kier molecular flexibility index (Phi) is 4.90. The predicted molar refractivity (Wildman–Crippen MR) is 126 cm³/mol. The second-order valence-electron chi connectivity index (χ2n) is 8.53. The van der Waals surface area contributed by atoms with Crippen LogP contribution in [0, 0.1) is 6.92 Å². The van der Waals surface area contributed by atoms with E-state index < -0.39 is 0 Å². The maximum Gasteiger partial charge on any atom is 0.331 e. The van der Waals surface area contributed by atoms with Crippen LogP contribution >= 0.6 is 0 Å². The summed E-state index contributed by atoms with van der Waals surface area (Å²) in [6, 6.07) is 16.6. The summed E-state index contributed by atoms with van der Waals surface area (Å²) in [5.41, 5.74) is 6.12. The van der Waals surface area contributed by atoms with Gasteiger partial charge >= 0.3 is 5.69 Å². The highest BCUT2D eigenvalue weighted by Gasteiger charge is 2.33. The molecule has 0 aliphatic carbocycles. The minimum absolute atomic E-state index is 0.276. The van der Waals surface area contributed by atoms with Crippen LogP contribution in [-0.4, -0.2) is 20.3 Å². The van der Waals surface area contributed by atoms with Crippen molar-refractivity contribution in [2.24, 2.45) is 14.1 Å². The van der Waals surface area contributed by atoms with Crippen LogP contribution in [0.3, 0.4) is 0 Å². The number of hydrogen-bond acceptors (Lipinski definition) is 3. The summed E-state index contributed by atoms with van der Waals surface area (Å²) in [4.78, 5) is 26.3. The lowest BCUT2D eigenvalue weighted by Gasteiger charge is -2.28. The van der Waals surface area contributed by atoms with Gasteiger partial charge in [-0.3, -0.25) is 13.9 Å². The van der Waals surface area contributed by atoms with Crippen LogP contribution < -0.4 is 11.2 Å². The molecule has 0 saturated carbocycles. The van der Waals surface area contributed by atoms with Crippen LogP contribution in [0.4, 0.5) is 0 Å². The minimum atomic E-state index is -0.353. The molecule has 2 aromatic carbocycles. The molecule has 1 aliphatic heterocycles. The van der Waals surface area contributed by atoms with E-state index in [0.717, 1.165) is 34.5 Å². The van der Waals surface area contributed by atoms with Crippen molar-refractivity contribution in [1.82, 2.24) is 13.7 Å². The van der Waals surface area contributed by atoms with E-state index in [1.165, 1.54) is 17.2 Å². The van der Waals surface area contributed by atoms with Crippen LogP contribution in [0.1, 0.15) is 35.4 Å². The molecule has 0 spiro atoms. The Morgan fingerprint density at radius 3 is 2.47 bits per heavy atom. The maximum absolute atomic E-state index is 13.4. The van der Waals surface area contributed by atoms with Gasteiger partial charge in [-0.1, -0.05) is 55.0 Å². The van der Waals surface area contributed by atoms with Gasteiger partial charge in [-0.05, 0) is 36.1 Å². The minimum Gasteiger partial charge on any atom is -0.365 e. The van der Waals surface area contributed by atoms with E-state index >= 15 is 0 Å². The van der Waals surface area contributed by atoms with E-state index in [9.17, 15) is 9.59 Å². The zero-order valence-electron chi connectivity index (χ0n) is 18.9. The van der Waals surface area contributed by atoms with Gasteiger partial charge in [0, 0.05) is 20.6 Å². The molecule has 6 nitrogen and oxygen atoms in total. The van der Waals surface area contributed by atoms with Crippen LogP contribution in [-0.2, 0) is 31.8 Å². The number of rotatable bonds is 3. The number of benzene rings is 2. The zero-order valence-corrected chi connectivity index (χ0v) is 18.9. The molecule has 0 saturated heterocycles. The lowest BCUT2D eigenvalue weighted by atomic mass is 10.0. The molecule has 32 heavy (non-hydrogen) atoms. The van der Waals surface area contributed by atoms with E-state index in [0.29, 0.717) is 24.1 Å². The summed E-state index contributed by atoms with van der Waals surface area (Å²) in [5, 5.41) is 0.566. The fourth-order valence-corrected chi connectivity index (χ4v) is 4.85. The van der Waals surface area contributed by atoms with Crippen LogP contribution in [0.5, 0.6) is 0 Å². The molecule has 0 N–H and O–H groups in total. The molecule has 0 unspecified atom stereocenters. The van der Waals surface area contributed by atoms with Crippen molar-refractivity contribution in [2.75, 3.05) is 6.61 Å². The Bertz CT molecular complexity index is 1460. The Morgan fingerprint density at radius 1 is 1.03 bits per heavy atom. The number of hydrogen-bond donors (Lipinski definition) is 0. The number of nitrogens with zero attached hydrogens (tertiary/aromatic N) is 3. The van der Waals surface area contributed by atoms with Gasteiger partial charge in [0.2, 0.25) is 0 Å². The van der Waals surface area contributed by atoms with E-state index in [1.807, 2.05) is 25.1 Å². The summed E-state index contributed by atoms with van der Waals surface area (Å²) < 4.78 is 11.2. The normalized spacial score (nSPS) is 15.8. The van der Waals surface area contributed by atoms with E-state index in [4.69, 9.17) is 4.74 Å². The summed E-state index contributed by atoms with van der Waals surface area (Å²) in [6.07, 6.45) is 0.612. The van der Waals surface area contributed by atoms with Crippen molar-refractivity contribution in [2.45, 2.75) is 32.9 Å². The third-order valence-electron chi connectivity index (χ3n) is 6.53. The predicted octanol–water partition coefficient (Wildman–Crippen LogP) is 3.70. The van der Waals surface area contributed by atoms with Gasteiger partial charge in [0.1, 0.15) is 6.10 Å². The standard InChI is InChI=1S/C26H27N3O3/c1-5-17-9-11-18(12-10-17)24-23-22-20(25(30)28(4)26(31)27(22)3)21(29(23)13-14-32-24)19-8-6-7-16(2)15-19/h6-12,15,24H,5,13-14H2,1-4H3/t24-/m0/s1. The molecule has 3 heterocycles. The Balaban J connectivity index is 1.90. The van der Waals surface area contributed by atoms with Crippen molar-refractivity contribution in [3.8, 4) is 11.3 Å². The molecule has 164 valence electrons. The monoisotopic (exact) mass is 429 g/mol. The molecule has 5 rings (SSSR count). The molecule has 2 aromatic heterocycles. The van der Waals surface area contributed by atoms with E-state index in [-0.39, 0.29) is 17.4 Å². The molecule has 0 fully saturated rings. The van der Waals surface area contributed by atoms with Crippen molar-refractivity contribution in [3.63, 3.8) is 0 Å². The Morgan fingerprint density at radius 2 is 1.78 bits per heavy atom. The number of aryl methyl sites for hydroxylation is 3. The topological polar surface area (TPSA) is 58.2 Å². The highest BCUT2D eigenvalue weighted by molar-refractivity contribution is 5.96. The molecule has 1 atom stereocenters. The second-order valence-corrected chi connectivity index (χ2v) is 8.53. The summed E-state index contributed by atoms with van der Waals surface area (Å²) in [6.45, 7) is 5.32. The van der Waals surface area contributed by atoms with Crippen molar-refractivity contribution in [3.05, 3.63) is 91.8 Å². The van der Waals surface area contributed by atoms with Crippen LogP contribution in [0.2, 0.25) is 0 Å². The lowest BCUT2D eigenvalue weighted by molar-refractivity contribution is 0.0478. The fraction of sp³-hybridized carbons (Fsp3) is 0.308. The largest absolute Gasteiger partial charge is 0.365 e. The molecule has 6 heteroatoms. The number of ether oxygens (including phenoxy) is 1. The molecule has 0 bridgehead atoms. The van der Waals surface area contributed by atoms with Gasteiger partial charge in [-0.15, -0.1) is 0 Å². The Hall–Kier alpha value is -3.38. The number of fused-ring (bicyclic) bond motifs is 3. The molecule has 0 amide bonds. The Labute approximate surface area is 186 Å². The van der Waals surface area contributed by atoms with Crippen LogP contribution in [0.15, 0.2) is 58.1 Å². The average molecular weight is 430 g/mol. The van der Waals surface area contributed by atoms with Gasteiger partial charge in [0.25, 0.3) is 5.56 Å². The molecular formula is C26H27N3O3. The summed E-state index contributed by atoms with van der Waals surface area (Å²) in [5.74, 6) is 0. The molecule has 4 aromatic rings. The highest BCUT2D eigenvalue weighted by atomic mass is 16.5. The first-order valence-corrected chi connectivity index (χ1v) is 11.0. The smallest absolute Gasteiger partial charge is 0.331 e. The van der Waals surface area contributed by atoms with Gasteiger partial charge in [-0.2, -0.15) is 0 Å². The van der Waals surface area contributed by atoms with Gasteiger partial charge in [-0.25, -0.2) is 4.79 Å². The molecule has 0 radical (unpaired) electrons.